The Labute approximate surface area is 158 Å². The van der Waals surface area contributed by atoms with E-state index in [4.69, 9.17) is 4.42 Å². The van der Waals surface area contributed by atoms with Crippen molar-refractivity contribution in [3.8, 4) is 0 Å². The first kappa shape index (κ1) is 16.6. The first-order valence-electron chi connectivity index (χ1n) is 9.80. The van der Waals surface area contributed by atoms with Crippen LogP contribution >= 0.6 is 0 Å². The molecular weight excluding hydrogens is 340 g/mol. The number of nitrogens with zero attached hydrogens (tertiary/aromatic N) is 4. The van der Waals surface area contributed by atoms with E-state index in [-0.39, 0.29) is 11.9 Å². The third-order valence-electron chi connectivity index (χ3n) is 5.78. The molecule has 1 unspecified atom stereocenters. The summed E-state index contributed by atoms with van der Waals surface area (Å²) in [6.45, 7) is 4.71. The highest BCUT2D eigenvalue weighted by molar-refractivity contribution is 5.96. The molecule has 6 nitrogen and oxygen atoms in total. The first-order valence-corrected chi connectivity index (χ1v) is 9.80. The molecule has 5 rings (SSSR count). The predicted molar refractivity (Wildman–Crippen MR) is 103 cm³/mol. The number of aromatic nitrogens is 2. The number of hydrogen-bond acceptors (Lipinski definition) is 4. The number of furan rings is 1. The highest BCUT2D eigenvalue weighted by atomic mass is 16.3. The van der Waals surface area contributed by atoms with Gasteiger partial charge in [-0.15, -0.1) is 0 Å². The molecular formula is C21H24N4O2. The Morgan fingerprint density at radius 2 is 2.04 bits per heavy atom. The van der Waals surface area contributed by atoms with E-state index in [0.29, 0.717) is 18.8 Å². The molecule has 0 radical (unpaired) electrons. The Bertz CT molecular complexity index is 921. The summed E-state index contributed by atoms with van der Waals surface area (Å²) in [4.78, 5) is 17.5. The van der Waals surface area contributed by atoms with Gasteiger partial charge in [-0.2, -0.15) is 5.10 Å². The number of likely N-dealkylation sites (tertiary alicyclic amines) is 1. The van der Waals surface area contributed by atoms with Gasteiger partial charge in [0.1, 0.15) is 5.58 Å². The van der Waals surface area contributed by atoms with E-state index in [9.17, 15) is 4.79 Å². The molecule has 1 aromatic carbocycles. The van der Waals surface area contributed by atoms with Crippen molar-refractivity contribution in [1.82, 2.24) is 19.6 Å². The van der Waals surface area contributed by atoms with Crippen LogP contribution in [0.15, 0.2) is 47.0 Å². The third kappa shape index (κ3) is 3.14. The molecule has 1 amide bonds. The Morgan fingerprint density at radius 1 is 1.19 bits per heavy atom. The van der Waals surface area contributed by atoms with E-state index in [1.54, 1.807) is 0 Å². The lowest BCUT2D eigenvalue weighted by atomic mass is 10.1. The first-order chi connectivity index (χ1) is 13.3. The maximum atomic E-state index is 13.1. The van der Waals surface area contributed by atoms with Gasteiger partial charge in [-0.25, -0.2) is 0 Å². The Morgan fingerprint density at radius 3 is 2.89 bits per heavy atom. The zero-order valence-corrected chi connectivity index (χ0v) is 15.4. The number of rotatable bonds is 4. The van der Waals surface area contributed by atoms with Gasteiger partial charge >= 0.3 is 0 Å². The van der Waals surface area contributed by atoms with Crippen LogP contribution in [-0.2, 0) is 6.54 Å². The summed E-state index contributed by atoms with van der Waals surface area (Å²) in [5.74, 6) is 0.382. The van der Waals surface area contributed by atoms with Crippen LogP contribution in [0.25, 0.3) is 11.0 Å². The average Bonchev–Trinajstić information content (AvgIpc) is 3.45. The van der Waals surface area contributed by atoms with Crippen molar-refractivity contribution >= 4 is 16.9 Å². The highest BCUT2D eigenvalue weighted by Gasteiger charge is 2.30. The fourth-order valence-corrected chi connectivity index (χ4v) is 4.34. The molecule has 2 aromatic heterocycles. The summed E-state index contributed by atoms with van der Waals surface area (Å²) in [7, 11) is 0. The minimum atomic E-state index is -0.0372. The van der Waals surface area contributed by atoms with Gasteiger partial charge in [0.05, 0.1) is 18.3 Å². The van der Waals surface area contributed by atoms with E-state index in [1.165, 1.54) is 25.9 Å². The van der Waals surface area contributed by atoms with Crippen molar-refractivity contribution in [3.63, 3.8) is 0 Å². The monoisotopic (exact) mass is 364 g/mol. The summed E-state index contributed by atoms with van der Waals surface area (Å²) in [6.07, 6.45) is 5.45. The van der Waals surface area contributed by atoms with Crippen LogP contribution < -0.4 is 0 Å². The van der Waals surface area contributed by atoms with Gasteiger partial charge in [-0.05, 0) is 50.6 Å². The number of carbonyl (C=O) groups is 1. The smallest absolute Gasteiger partial charge is 0.290 e. The summed E-state index contributed by atoms with van der Waals surface area (Å²) >= 11 is 0. The van der Waals surface area contributed by atoms with E-state index in [0.717, 1.165) is 29.6 Å². The summed E-state index contributed by atoms with van der Waals surface area (Å²) in [5, 5.41) is 5.49. The Kier molecular flexibility index (Phi) is 4.20. The van der Waals surface area contributed by atoms with Crippen molar-refractivity contribution in [3.05, 3.63) is 54.0 Å². The molecule has 0 saturated carbocycles. The van der Waals surface area contributed by atoms with Gasteiger partial charge < -0.3 is 14.2 Å². The van der Waals surface area contributed by atoms with Gasteiger partial charge in [-0.1, -0.05) is 18.2 Å². The second-order valence-corrected chi connectivity index (χ2v) is 7.59. The number of carbonyl (C=O) groups excluding carboxylic acids is 1. The molecule has 1 saturated heterocycles. The average molecular weight is 364 g/mol. The summed E-state index contributed by atoms with van der Waals surface area (Å²) < 4.78 is 7.92. The molecule has 4 heterocycles. The summed E-state index contributed by atoms with van der Waals surface area (Å²) in [5.41, 5.74) is 1.85. The maximum absolute atomic E-state index is 13.1. The molecule has 0 bridgehead atoms. The minimum Gasteiger partial charge on any atom is -0.451 e. The topological polar surface area (TPSA) is 54.5 Å². The SMILES string of the molecule is O=C(c1cc2ccccc2o1)N1Cc2ccnn2C(CCN2CCCC2)C1. The van der Waals surface area contributed by atoms with E-state index < -0.39 is 0 Å². The molecule has 140 valence electrons. The van der Waals surface area contributed by atoms with Crippen molar-refractivity contribution in [2.75, 3.05) is 26.2 Å². The number of para-hydroxylation sites is 1. The van der Waals surface area contributed by atoms with Crippen LogP contribution in [0.4, 0.5) is 0 Å². The Balaban J connectivity index is 1.35. The molecule has 0 aliphatic carbocycles. The second-order valence-electron chi connectivity index (χ2n) is 7.59. The maximum Gasteiger partial charge on any atom is 0.290 e. The molecule has 0 N–H and O–H groups in total. The lowest BCUT2D eigenvalue weighted by molar-refractivity contribution is 0.0628. The predicted octanol–water partition coefficient (Wildman–Crippen LogP) is 3.31. The van der Waals surface area contributed by atoms with Crippen LogP contribution in [0.3, 0.4) is 0 Å². The zero-order valence-electron chi connectivity index (χ0n) is 15.4. The standard InChI is InChI=1S/C21H24N4O2/c26-21(20-13-16-5-1-2-6-19(16)27-20)24-14-17-7-9-22-25(17)18(15-24)8-12-23-10-3-4-11-23/h1-2,5-7,9,13,18H,3-4,8,10-12,14-15H2. The lowest BCUT2D eigenvalue weighted by Gasteiger charge is -2.34. The minimum absolute atomic E-state index is 0.0372. The number of amides is 1. The molecule has 0 spiro atoms. The van der Waals surface area contributed by atoms with Gasteiger partial charge in [0.15, 0.2) is 5.76 Å². The fraction of sp³-hybridized carbons (Fsp3) is 0.429. The second kappa shape index (κ2) is 6.85. The number of hydrogen-bond donors (Lipinski definition) is 0. The van der Waals surface area contributed by atoms with Crippen LogP contribution in [0.5, 0.6) is 0 Å². The van der Waals surface area contributed by atoms with Gasteiger partial charge in [-0.3, -0.25) is 9.48 Å². The number of fused-ring (bicyclic) bond motifs is 2. The Hall–Kier alpha value is -2.60. The van der Waals surface area contributed by atoms with Crippen LogP contribution in [-0.4, -0.2) is 51.7 Å². The molecule has 2 aliphatic rings. The lowest BCUT2D eigenvalue weighted by Crippen LogP contribution is -2.42. The number of benzene rings is 1. The van der Waals surface area contributed by atoms with Gasteiger partial charge in [0, 0.05) is 24.7 Å². The van der Waals surface area contributed by atoms with Crippen LogP contribution in [0.2, 0.25) is 0 Å². The molecule has 3 aromatic rings. The van der Waals surface area contributed by atoms with Crippen molar-refractivity contribution in [1.29, 1.82) is 0 Å². The quantitative estimate of drug-likeness (QED) is 0.713. The zero-order chi connectivity index (χ0) is 18.2. The van der Waals surface area contributed by atoms with Gasteiger partial charge in [0.2, 0.25) is 0 Å². The molecule has 1 atom stereocenters. The van der Waals surface area contributed by atoms with Crippen LogP contribution in [0, 0.1) is 0 Å². The third-order valence-corrected chi connectivity index (χ3v) is 5.78. The van der Waals surface area contributed by atoms with Crippen LogP contribution in [0.1, 0.15) is 41.6 Å². The fourth-order valence-electron chi connectivity index (χ4n) is 4.34. The van der Waals surface area contributed by atoms with Crippen molar-refractivity contribution in [2.24, 2.45) is 0 Å². The normalized spacial score (nSPS) is 20.3. The molecule has 2 aliphatic heterocycles. The molecule has 6 heteroatoms. The van der Waals surface area contributed by atoms with E-state index >= 15 is 0 Å². The van der Waals surface area contributed by atoms with Crippen molar-refractivity contribution < 1.29 is 9.21 Å². The largest absolute Gasteiger partial charge is 0.451 e. The molecule has 27 heavy (non-hydrogen) atoms. The van der Waals surface area contributed by atoms with Crippen molar-refractivity contribution in [2.45, 2.75) is 31.8 Å². The van der Waals surface area contributed by atoms with E-state index in [2.05, 4.69) is 14.7 Å². The molecule has 1 fully saturated rings. The van der Waals surface area contributed by atoms with Gasteiger partial charge in [0.25, 0.3) is 5.91 Å². The highest BCUT2D eigenvalue weighted by Crippen LogP contribution is 2.27. The summed E-state index contributed by atoms with van der Waals surface area (Å²) in [6, 6.07) is 11.8. The van der Waals surface area contributed by atoms with E-state index in [1.807, 2.05) is 47.5 Å².